The van der Waals surface area contributed by atoms with E-state index in [2.05, 4.69) is 25.2 Å². The van der Waals surface area contributed by atoms with Crippen LogP contribution in [-0.4, -0.2) is 44.3 Å². The van der Waals surface area contributed by atoms with Gasteiger partial charge in [-0.25, -0.2) is 4.79 Å². The van der Waals surface area contributed by atoms with E-state index in [4.69, 9.17) is 0 Å². The molecule has 0 aliphatic rings. The van der Waals surface area contributed by atoms with E-state index in [0.29, 0.717) is 22.2 Å². The van der Waals surface area contributed by atoms with Gasteiger partial charge in [0.05, 0.1) is 18.4 Å². The van der Waals surface area contributed by atoms with Crippen molar-refractivity contribution in [2.75, 3.05) is 18.2 Å². The second kappa shape index (κ2) is 7.18. The highest BCUT2D eigenvalue weighted by atomic mass is 32.2. The van der Waals surface area contributed by atoms with Crippen molar-refractivity contribution in [1.82, 2.24) is 19.6 Å². The average molecular weight is 359 g/mol. The molecular weight excluding hydrogens is 346 g/mol. The Labute approximate surface area is 145 Å². The number of aromatic amines is 1. The van der Waals surface area contributed by atoms with Crippen LogP contribution in [0.15, 0.2) is 46.5 Å². The van der Waals surface area contributed by atoms with Crippen molar-refractivity contribution in [3.8, 4) is 0 Å². The van der Waals surface area contributed by atoms with Gasteiger partial charge in [0, 0.05) is 18.0 Å². The number of nitrogens with one attached hydrogen (secondary N) is 2. The van der Waals surface area contributed by atoms with Gasteiger partial charge in [-0.1, -0.05) is 11.8 Å². The number of fused-ring (bicyclic) bond motifs is 1. The van der Waals surface area contributed by atoms with Crippen LogP contribution in [0.3, 0.4) is 0 Å². The molecule has 0 aliphatic heterocycles. The third-order valence-electron chi connectivity index (χ3n) is 3.20. The molecule has 0 aliphatic carbocycles. The number of nitrogens with zero attached hydrogens (tertiary/aromatic N) is 3. The van der Waals surface area contributed by atoms with Gasteiger partial charge in [-0.3, -0.25) is 19.0 Å². The Morgan fingerprint density at radius 2 is 2.00 bits per heavy atom. The number of esters is 1. The van der Waals surface area contributed by atoms with Crippen molar-refractivity contribution in [2.45, 2.75) is 5.16 Å². The van der Waals surface area contributed by atoms with Gasteiger partial charge in [0.15, 0.2) is 5.16 Å². The van der Waals surface area contributed by atoms with Crippen LogP contribution < -0.4 is 10.9 Å². The monoisotopic (exact) mass is 359 g/mol. The van der Waals surface area contributed by atoms with Crippen LogP contribution in [0.2, 0.25) is 0 Å². The molecule has 0 spiro atoms. The molecule has 9 nitrogen and oxygen atoms in total. The van der Waals surface area contributed by atoms with E-state index < -0.39 is 5.97 Å². The van der Waals surface area contributed by atoms with Gasteiger partial charge < -0.3 is 10.1 Å². The lowest BCUT2D eigenvalue weighted by atomic mass is 10.2. The number of H-pyrrole nitrogens is 1. The molecule has 0 unspecified atom stereocenters. The molecule has 2 N–H and O–H groups in total. The molecule has 0 atom stereocenters. The van der Waals surface area contributed by atoms with Crippen LogP contribution in [0.25, 0.3) is 5.78 Å². The van der Waals surface area contributed by atoms with Crippen molar-refractivity contribution < 1.29 is 14.3 Å². The third kappa shape index (κ3) is 3.86. The number of anilines is 1. The zero-order valence-electron chi connectivity index (χ0n) is 13.1. The topological polar surface area (TPSA) is 118 Å². The number of carbonyl (C=O) groups is 2. The SMILES string of the molecule is COC(=O)c1ccc(NC(=O)CSc2nnc3[nH]c(=O)ccn23)cc1. The van der Waals surface area contributed by atoms with E-state index in [1.807, 2.05) is 0 Å². The maximum absolute atomic E-state index is 12.0. The number of rotatable bonds is 5. The number of methoxy groups -OCH3 is 1. The lowest BCUT2D eigenvalue weighted by Gasteiger charge is -2.05. The summed E-state index contributed by atoms with van der Waals surface area (Å²) in [7, 11) is 1.30. The van der Waals surface area contributed by atoms with Gasteiger partial charge >= 0.3 is 5.97 Å². The third-order valence-corrected chi connectivity index (χ3v) is 4.14. The van der Waals surface area contributed by atoms with Crippen molar-refractivity contribution in [1.29, 1.82) is 0 Å². The molecular formula is C15H13N5O4S. The molecule has 25 heavy (non-hydrogen) atoms. The Kier molecular flexibility index (Phi) is 4.80. The number of thioether (sulfide) groups is 1. The van der Waals surface area contributed by atoms with Gasteiger partial charge in [-0.2, -0.15) is 0 Å². The zero-order chi connectivity index (χ0) is 17.8. The predicted molar refractivity (Wildman–Crippen MR) is 90.7 cm³/mol. The predicted octanol–water partition coefficient (Wildman–Crippen LogP) is 0.935. The number of carbonyl (C=O) groups excluding carboxylic acids is 2. The first-order valence-electron chi connectivity index (χ1n) is 7.12. The minimum absolute atomic E-state index is 0.110. The van der Waals surface area contributed by atoms with Crippen LogP contribution in [0.1, 0.15) is 10.4 Å². The molecule has 1 aromatic carbocycles. The fourth-order valence-electron chi connectivity index (χ4n) is 2.02. The summed E-state index contributed by atoms with van der Waals surface area (Å²) < 4.78 is 6.20. The van der Waals surface area contributed by atoms with Crippen LogP contribution >= 0.6 is 11.8 Å². The van der Waals surface area contributed by atoms with E-state index in [1.165, 1.54) is 24.9 Å². The van der Waals surface area contributed by atoms with Crippen molar-refractivity contribution in [3.63, 3.8) is 0 Å². The van der Waals surface area contributed by atoms with E-state index >= 15 is 0 Å². The van der Waals surface area contributed by atoms with Crippen LogP contribution in [0.4, 0.5) is 5.69 Å². The molecule has 0 radical (unpaired) electrons. The molecule has 2 heterocycles. The van der Waals surface area contributed by atoms with Gasteiger partial charge in [-0.05, 0) is 24.3 Å². The number of hydrogen-bond donors (Lipinski definition) is 2. The minimum Gasteiger partial charge on any atom is -0.465 e. The first kappa shape index (κ1) is 16.7. The molecule has 2 aromatic heterocycles. The summed E-state index contributed by atoms with van der Waals surface area (Å²) in [5, 5.41) is 11.0. The standard InChI is InChI=1S/C15H13N5O4S/c1-24-13(23)9-2-4-10(5-3-9)16-12(22)8-25-15-19-18-14-17-11(21)6-7-20(14)15/h2-7H,8H2,1H3,(H,16,22)(H,17,18,21). The molecule has 10 heteroatoms. The fraction of sp³-hybridized carbons (Fsp3) is 0.133. The smallest absolute Gasteiger partial charge is 0.337 e. The lowest BCUT2D eigenvalue weighted by molar-refractivity contribution is -0.113. The van der Waals surface area contributed by atoms with Crippen molar-refractivity contribution in [2.24, 2.45) is 0 Å². The summed E-state index contributed by atoms with van der Waals surface area (Å²) in [6.45, 7) is 0. The first-order valence-corrected chi connectivity index (χ1v) is 8.10. The molecule has 0 saturated heterocycles. The second-order valence-corrected chi connectivity index (χ2v) is 5.83. The van der Waals surface area contributed by atoms with Gasteiger partial charge in [0.25, 0.3) is 5.56 Å². The average Bonchev–Trinajstić information content (AvgIpc) is 3.02. The number of aromatic nitrogens is 4. The molecule has 1 amide bonds. The number of amides is 1. The van der Waals surface area contributed by atoms with E-state index in [0.717, 1.165) is 0 Å². The Morgan fingerprint density at radius 1 is 1.24 bits per heavy atom. The molecule has 3 aromatic rings. The highest BCUT2D eigenvalue weighted by Crippen LogP contribution is 2.16. The van der Waals surface area contributed by atoms with E-state index in [1.54, 1.807) is 34.9 Å². The zero-order valence-corrected chi connectivity index (χ0v) is 13.9. The second-order valence-electron chi connectivity index (χ2n) is 4.89. The summed E-state index contributed by atoms with van der Waals surface area (Å²) >= 11 is 1.18. The number of ether oxygens (including phenoxy) is 1. The van der Waals surface area contributed by atoms with Crippen LogP contribution in [-0.2, 0) is 9.53 Å². The summed E-state index contributed by atoms with van der Waals surface area (Å²) in [4.78, 5) is 37.1. The maximum atomic E-state index is 12.0. The fourth-order valence-corrected chi connectivity index (χ4v) is 2.74. The number of benzene rings is 1. The van der Waals surface area contributed by atoms with Crippen molar-refractivity contribution >= 4 is 35.1 Å². The summed E-state index contributed by atoms with van der Waals surface area (Å²) in [6, 6.07) is 7.72. The molecule has 0 bridgehead atoms. The van der Waals surface area contributed by atoms with Crippen LogP contribution in [0.5, 0.6) is 0 Å². The Bertz CT molecular complexity index is 980. The first-order chi connectivity index (χ1) is 12.1. The van der Waals surface area contributed by atoms with Gasteiger partial charge in [0.2, 0.25) is 11.7 Å². The van der Waals surface area contributed by atoms with E-state index in [9.17, 15) is 14.4 Å². The highest BCUT2D eigenvalue weighted by molar-refractivity contribution is 7.99. The molecule has 128 valence electrons. The Morgan fingerprint density at radius 3 is 2.72 bits per heavy atom. The summed E-state index contributed by atoms with van der Waals surface area (Å²) in [5.74, 6) is -0.255. The summed E-state index contributed by atoms with van der Waals surface area (Å²) in [6.07, 6.45) is 1.54. The normalized spacial score (nSPS) is 10.6. The van der Waals surface area contributed by atoms with Crippen molar-refractivity contribution in [3.05, 3.63) is 52.4 Å². The molecule has 0 fully saturated rings. The largest absolute Gasteiger partial charge is 0.465 e. The summed E-state index contributed by atoms with van der Waals surface area (Å²) in [5.41, 5.74) is 0.692. The van der Waals surface area contributed by atoms with Gasteiger partial charge in [0.1, 0.15) is 0 Å². The highest BCUT2D eigenvalue weighted by Gasteiger charge is 2.10. The quantitative estimate of drug-likeness (QED) is 0.514. The maximum Gasteiger partial charge on any atom is 0.337 e. The molecule has 0 saturated carbocycles. The molecule has 3 rings (SSSR count). The van der Waals surface area contributed by atoms with Crippen LogP contribution in [0, 0.1) is 0 Å². The lowest BCUT2D eigenvalue weighted by Crippen LogP contribution is -2.14. The Hall–Kier alpha value is -3.14. The minimum atomic E-state index is -0.440. The number of hydrogen-bond acceptors (Lipinski definition) is 7. The van der Waals surface area contributed by atoms with Gasteiger partial charge in [-0.15, -0.1) is 10.2 Å². The van der Waals surface area contributed by atoms with E-state index in [-0.39, 0.29) is 17.2 Å². The Balaban J connectivity index is 1.60.